The molecule has 0 atom stereocenters. The van der Waals surface area contributed by atoms with Gasteiger partial charge in [-0.15, -0.1) is 0 Å². The highest BCUT2D eigenvalue weighted by Crippen LogP contribution is 2.60. The van der Waals surface area contributed by atoms with Crippen LogP contribution in [0.15, 0.2) is 12.1 Å². The topological polar surface area (TPSA) is 61.3 Å². The number of aryl methyl sites for hydroxylation is 1. The van der Waals surface area contributed by atoms with Gasteiger partial charge in [-0.2, -0.15) is 57.1 Å². The van der Waals surface area contributed by atoms with Crippen LogP contribution in [0.4, 0.5) is 68.5 Å². The second-order valence-electron chi connectivity index (χ2n) is 5.66. The van der Waals surface area contributed by atoms with Crippen LogP contribution in [-0.2, 0) is 0 Å². The van der Waals surface area contributed by atoms with Crippen molar-refractivity contribution in [1.29, 1.82) is 0 Å². The third kappa shape index (κ3) is 3.56. The van der Waals surface area contributed by atoms with Gasteiger partial charge in [0.25, 0.3) is 0 Å². The Balaban J connectivity index is 3.49. The summed E-state index contributed by atoms with van der Waals surface area (Å²) in [6.45, 7) is 1.22. The summed E-state index contributed by atoms with van der Waals surface area (Å²) < 4.78 is 172. The van der Waals surface area contributed by atoms with Gasteiger partial charge in [-0.05, 0) is 18.6 Å². The van der Waals surface area contributed by atoms with Gasteiger partial charge in [0.05, 0.1) is 5.69 Å². The molecule has 0 bridgehead atoms. The van der Waals surface area contributed by atoms with Gasteiger partial charge in [-0.25, -0.2) is 0 Å². The zero-order valence-corrected chi connectivity index (χ0v) is 13.6. The highest BCUT2D eigenvalue weighted by atomic mass is 19.4. The molecule has 0 heterocycles. The number of rotatable bonds is 6. The molecule has 168 valence electrons. The second-order valence-corrected chi connectivity index (χ2v) is 5.66. The normalized spacial score (nSPS) is 14.8. The maximum absolute atomic E-state index is 13.6. The average Bonchev–Trinajstić information content (AvgIpc) is 2.50. The molecule has 0 aromatic heterocycles. The molecule has 0 radical (unpaired) electrons. The van der Waals surface area contributed by atoms with E-state index in [9.17, 15) is 57.1 Å². The molecule has 0 saturated heterocycles. The van der Waals surface area contributed by atoms with Crippen molar-refractivity contribution < 1.29 is 61.8 Å². The molecule has 4 N–H and O–H groups in total. The summed E-state index contributed by atoms with van der Waals surface area (Å²) in [6.07, 6.45) is -14.2. The van der Waals surface area contributed by atoms with Crippen molar-refractivity contribution in [2.45, 2.75) is 42.9 Å². The van der Waals surface area contributed by atoms with E-state index in [0.717, 1.165) is 0 Å². The van der Waals surface area contributed by atoms with Gasteiger partial charge >= 0.3 is 36.0 Å². The SMILES string of the molecule is Cc1cc(N)c(OC(F)(F)C(F)(F)C(F)(F)C(F)(F)C(F)(F)C(F)(F)F)cc1N. The Labute approximate surface area is 152 Å². The van der Waals surface area contributed by atoms with E-state index < -0.39 is 53.1 Å². The van der Waals surface area contributed by atoms with Gasteiger partial charge in [-0.3, -0.25) is 0 Å². The fourth-order valence-corrected chi connectivity index (χ4v) is 1.77. The van der Waals surface area contributed by atoms with Gasteiger partial charge in [-0.1, -0.05) is 0 Å². The fourth-order valence-electron chi connectivity index (χ4n) is 1.77. The standard InChI is InChI=1S/C13H9F13N2O/c1-4-2-6(28)7(3-5(4)27)29-13(25,26)11(20,21)9(16,17)8(14,15)10(18,19)12(22,23)24/h2-3H,27-28H2,1H3. The Kier molecular flexibility index (Phi) is 5.65. The van der Waals surface area contributed by atoms with Gasteiger partial charge < -0.3 is 16.2 Å². The molecule has 0 unspecified atom stereocenters. The number of benzene rings is 1. The Morgan fingerprint density at radius 3 is 1.45 bits per heavy atom. The number of ether oxygens (including phenoxy) is 1. The van der Waals surface area contributed by atoms with Crippen molar-refractivity contribution in [3.8, 4) is 5.75 Å². The summed E-state index contributed by atoms with van der Waals surface area (Å²) in [5.41, 5.74) is 8.94. The maximum atomic E-state index is 13.6. The number of anilines is 2. The summed E-state index contributed by atoms with van der Waals surface area (Å²) in [4.78, 5) is 0. The quantitative estimate of drug-likeness (QED) is 0.455. The third-order valence-corrected chi connectivity index (χ3v) is 3.54. The van der Waals surface area contributed by atoms with Crippen LogP contribution in [0.3, 0.4) is 0 Å². The van der Waals surface area contributed by atoms with Crippen LogP contribution in [0, 0.1) is 6.92 Å². The number of nitrogens with two attached hydrogens (primary N) is 2. The molecule has 0 aliphatic rings. The van der Waals surface area contributed by atoms with Crippen LogP contribution in [0.2, 0.25) is 0 Å². The molecule has 0 spiro atoms. The summed E-state index contributed by atoms with van der Waals surface area (Å²) in [5, 5.41) is 0. The van der Waals surface area contributed by atoms with E-state index in [1.807, 2.05) is 0 Å². The first-order chi connectivity index (χ1) is 12.5. The Morgan fingerprint density at radius 2 is 1.03 bits per heavy atom. The lowest BCUT2D eigenvalue weighted by Gasteiger charge is -2.39. The van der Waals surface area contributed by atoms with E-state index >= 15 is 0 Å². The van der Waals surface area contributed by atoms with E-state index in [1.54, 1.807) is 0 Å². The minimum atomic E-state index is -8.01. The van der Waals surface area contributed by atoms with Crippen molar-refractivity contribution in [3.63, 3.8) is 0 Å². The Morgan fingerprint density at radius 1 is 0.621 bits per heavy atom. The molecule has 1 aromatic carbocycles. The molecular weight excluding hydrogens is 447 g/mol. The molecule has 0 aliphatic heterocycles. The molecule has 0 amide bonds. The fraction of sp³-hybridized carbons (Fsp3) is 0.538. The van der Waals surface area contributed by atoms with Crippen molar-refractivity contribution >= 4 is 11.4 Å². The van der Waals surface area contributed by atoms with Crippen LogP contribution in [0.25, 0.3) is 0 Å². The highest BCUT2D eigenvalue weighted by Gasteiger charge is 2.91. The van der Waals surface area contributed by atoms with Crippen LogP contribution < -0.4 is 16.2 Å². The third-order valence-electron chi connectivity index (χ3n) is 3.54. The lowest BCUT2D eigenvalue weighted by Crippen LogP contribution is -2.70. The molecule has 3 nitrogen and oxygen atoms in total. The van der Waals surface area contributed by atoms with Crippen LogP contribution >= 0.6 is 0 Å². The average molecular weight is 456 g/mol. The van der Waals surface area contributed by atoms with Crippen LogP contribution in [-0.4, -0.2) is 36.0 Å². The number of nitrogen functional groups attached to an aromatic ring is 2. The lowest BCUT2D eigenvalue weighted by atomic mass is 9.97. The molecule has 1 rings (SSSR count). The molecular formula is C13H9F13N2O. The van der Waals surface area contributed by atoms with E-state index in [2.05, 4.69) is 4.74 Å². The van der Waals surface area contributed by atoms with E-state index in [1.165, 1.54) is 6.92 Å². The monoisotopic (exact) mass is 456 g/mol. The Bertz CT molecular complexity index is 773. The molecule has 29 heavy (non-hydrogen) atoms. The number of hydrogen-bond donors (Lipinski definition) is 2. The molecule has 0 aliphatic carbocycles. The second kappa shape index (κ2) is 6.62. The first kappa shape index (κ1) is 24.7. The van der Waals surface area contributed by atoms with Gasteiger partial charge in [0.2, 0.25) is 0 Å². The van der Waals surface area contributed by atoms with Crippen LogP contribution in [0.5, 0.6) is 5.75 Å². The number of alkyl halides is 13. The zero-order chi connectivity index (χ0) is 23.4. The first-order valence-corrected chi connectivity index (χ1v) is 6.85. The summed E-state index contributed by atoms with van der Waals surface area (Å²) >= 11 is 0. The first-order valence-electron chi connectivity index (χ1n) is 6.85. The smallest absolute Gasteiger partial charge is 0.426 e. The lowest BCUT2D eigenvalue weighted by molar-refractivity contribution is -0.456. The minimum Gasteiger partial charge on any atom is -0.426 e. The van der Waals surface area contributed by atoms with E-state index in [-0.39, 0.29) is 11.6 Å². The van der Waals surface area contributed by atoms with Crippen molar-refractivity contribution in [2.24, 2.45) is 0 Å². The van der Waals surface area contributed by atoms with Crippen molar-refractivity contribution in [3.05, 3.63) is 17.7 Å². The van der Waals surface area contributed by atoms with Gasteiger partial charge in [0, 0.05) is 11.8 Å². The maximum Gasteiger partial charge on any atom is 0.471 e. The van der Waals surface area contributed by atoms with E-state index in [0.29, 0.717) is 6.07 Å². The number of halogens is 13. The predicted molar refractivity (Wildman–Crippen MR) is 71.4 cm³/mol. The van der Waals surface area contributed by atoms with Crippen molar-refractivity contribution in [2.75, 3.05) is 11.5 Å². The molecule has 0 fully saturated rings. The zero-order valence-electron chi connectivity index (χ0n) is 13.6. The number of hydrogen-bond acceptors (Lipinski definition) is 3. The van der Waals surface area contributed by atoms with Gasteiger partial charge in [0.1, 0.15) is 0 Å². The largest absolute Gasteiger partial charge is 0.471 e. The predicted octanol–water partition coefficient (Wildman–Crippen LogP) is 5.23. The summed E-state index contributed by atoms with van der Waals surface area (Å²) in [7, 11) is 0. The highest BCUT2D eigenvalue weighted by molar-refractivity contribution is 5.63. The van der Waals surface area contributed by atoms with E-state index in [4.69, 9.17) is 11.5 Å². The van der Waals surface area contributed by atoms with Crippen LogP contribution in [0.1, 0.15) is 5.56 Å². The Hall–Kier alpha value is -2.29. The summed E-state index contributed by atoms with van der Waals surface area (Å²) in [6, 6.07) is 0.999. The molecule has 16 heteroatoms. The molecule has 1 aromatic rings. The molecule has 0 saturated carbocycles. The minimum absolute atomic E-state index is 0.0478. The van der Waals surface area contributed by atoms with Gasteiger partial charge in [0.15, 0.2) is 5.75 Å². The van der Waals surface area contributed by atoms with Crippen molar-refractivity contribution in [1.82, 2.24) is 0 Å². The summed E-state index contributed by atoms with van der Waals surface area (Å²) in [5.74, 6) is -32.9.